The van der Waals surface area contributed by atoms with Gasteiger partial charge in [-0.1, -0.05) is 6.07 Å². The summed E-state index contributed by atoms with van der Waals surface area (Å²) in [5.74, 6) is 0. The number of hydrogen-bond donors (Lipinski definition) is 2. The van der Waals surface area contributed by atoms with E-state index >= 15 is 0 Å². The molecule has 20 heavy (non-hydrogen) atoms. The maximum Gasteiger partial charge on any atom is 0.0839 e. The fraction of sp³-hybridized carbons (Fsp3) is 0.625. The first-order valence-corrected chi connectivity index (χ1v) is 7.48. The fourth-order valence-corrected chi connectivity index (χ4v) is 2.76. The third kappa shape index (κ3) is 4.12. The number of hydrogen-bond acceptors (Lipinski definition) is 4. The highest BCUT2D eigenvalue weighted by molar-refractivity contribution is 5.61. The molecule has 1 unspecified atom stereocenters. The topological polar surface area (TPSA) is 38.7 Å². The SMILES string of the molecule is Cc1ccc(NCC(O)CN2CCCC2)cc1N(C)C. The molecule has 1 aliphatic rings. The maximum absolute atomic E-state index is 10.1. The summed E-state index contributed by atoms with van der Waals surface area (Å²) >= 11 is 0. The average molecular weight is 277 g/mol. The van der Waals surface area contributed by atoms with Gasteiger partial charge in [-0.25, -0.2) is 0 Å². The summed E-state index contributed by atoms with van der Waals surface area (Å²) in [5.41, 5.74) is 3.54. The van der Waals surface area contributed by atoms with Crippen LogP contribution < -0.4 is 10.2 Å². The smallest absolute Gasteiger partial charge is 0.0839 e. The van der Waals surface area contributed by atoms with Crippen molar-refractivity contribution in [1.29, 1.82) is 0 Å². The Hall–Kier alpha value is -1.26. The van der Waals surface area contributed by atoms with E-state index in [1.165, 1.54) is 24.1 Å². The molecule has 0 amide bonds. The zero-order chi connectivity index (χ0) is 14.5. The van der Waals surface area contributed by atoms with Gasteiger partial charge in [-0.05, 0) is 50.6 Å². The monoisotopic (exact) mass is 277 g/mol. The van der Waals surface area contributed by atoms with Crippen LogP contribution in [0.2, 0.25) is 0 Å². The van der Waals surface area contributed by atoms with E-state index < -0.39 is 0 Å². The summed E-state index contributed by atoms with van der Waals surface area (Å²) < 4.78 is 0. The molecular formula is C16H27N3O. The number of aliphatic hydroxyl groups is 1. The Morgan fingerprint density at radius 2 is 2.00 bits per heavy atom. The molecule has 4 heteroatoms. The third-order valence-electron chi connectivity index (χ3n) is 3.90. The van der Waals surface area contributed by atoms with Gasteiger partial charge in [-0.2, -0.15) is 0 Å². The van der Waals surface area contributed by atoms with E-state index in [0.29, 0.717) is 6.54 Å². The second-order valence-electron chi connectivity index (χ2n) is 5.94. The third-order valence-corrected chi connectivity index (χ3v) is 3.90. The van der Waals surface area contributed by atoms with Crippen LogP contribution in [0.4, 0.5) is 11.4 Å². The van der Waals surface area contributed by atoms with Crippen LogP contribution in [0.25, 0.3) is 0 Å². The lowest BCUT2D eigenvalue weighted by atomic mass is 10.1. The standard InChI is InChI=1S/C16H27N3O/c1-13-6-7-14(10-16(13)18(2)3)17-11-15(20)12-19-8-4-5-9-19/h6-7,10,15,17,20H,4-5,8-9,11-12H2,1-3H3. The second kappa shape index (κ2) is 6.95. The number of nitrogens with zero attached hydrogens (tertiary/aromatic N) is 2. The molecule has 1 saturated heterocycles. The van der Waals surface area contributed by atoms with Gasteiger partial charge in [0.2, 0.25) is 0 Å². The molecule has 1 heterocycles. The number of benzene rings is 1. The van der Waals surface area contributed by atoms with Crippen molar-refractivity contribution in [3.63, 3.8) is 0 Å². The van der Waals surface area contributed by atoms with Crippen LogP contribution in [0.3, 0.4) is 0 Å². The van der Waals surface area contributed by atoms with Crippen LogP contribution in [0.1, 0.15) is 18.4 Å². The number of aryl methyl sites for hydroxylation is 1. The molecule has 1 atom stereocenters. The predicted molar refractivity (Wildman–Crippen MR) is 85.7 cm³/mol. The number of likely N-dealkylation sites (tertiary alicyclic amines) is 1. The Bertz CT molecular complexity index is 428. The summed E-state index contributed by atoms with van der Waals surface area (Å²) in [6, 6.07) is 6.33. The lowest BCUT2D eigenvalue weighted by molar-refractivity contribution is 0.135. The Morgan fingerprint density at radius 1 is 1.30 bits per heavy atom. The molecule has 4 nitrogen and oxygen atoms in total. The van der Waals surface area contributed by atoms with Crippen LogP contribution in [-0.4, -0.2) is 56.4 Å². The summed E-state index contributed by atoms with van der Waals surface area (Å²) in [7, 11) is 4.10. The molecule has 112 valence electrons. The molecule has 1 aromatic rings. The first-order valence-electron chi connectivity index (χ1n) is 7.48. The fourth-order valence-electron chi connectivity index (χ4n) is 2.76. The van der Waals surface area contributed by atoms with Crippen molar-refractivity contribution in [2.75, 3.05) is 50.5 Å². The quantitative estimate of drug-likeness (QED) is 0.833. The Balaban J connectivity index is 1.85. The van der Waals surface area contributed by atoms with Crippen molar-refractivity contribution < 1.29 is 5.11 Å². The van der Waals surface area contributed by atoms with Crippen molar-refractivity contribution in [3.05, 3.63) is 23.8 Å². The molecule has 1 aromatic carbocycles. The summed E-state index contributed by atoms with van der Waals surface area (Å²) in [4.78, 5) is 4.45. The first kappa shape index (κ1) is 15.1. The molecule has 1 fully saturated rings. The molecule has 0 saturated carbocycles. The van der Waals surface area contributed by atoms with E-state index in [0.717, 1.165) is 25.3 Å². The van der Waals surface area contributed by atoms with Crippen LogP contribution in [0, 0.1) is 6.92 Å². The van der Waals surface area contributed by atoms with Gasteiger partial charge in [-0.3, -0.25) is 0 Å². The first-order chi connectivity index (χ1) is 9.56. The van der Waals surface area contributed by atoms with Crippen LogP contribution in [0.5, 0.6) is 0 Å². The number of anilines is 2. The molecule has 0 spiro atoms. The number of β-amino-alcohol motifs (C(OH)–C–C–N with tert-alkyl or cyclic N) is 1. The van der Waals surface area contributed by atoms with Gasteiger partial charge >= 0.3 is 0 Å². The molecule has 2 rings (SSSR count). The molecule has 0 radical (unpaired) electrons. The lowest BCUT2D eigenvalue weighted by Crippen LogP contribution is -2.34. The van der Waals surface area contributed by atoms with Gasteiger partial charge in [0.25, 0.3) is 0 Å². The van der Waals surface area contributed by atoms with E-state index in [-0.39, 0.29) is 6.10 Å². The summed E-state index contributed by atoms with van der Waals surface area (Å²) in [6.07, 6.45) is 2.23. The molecule has 0 aliphatic carbocycles. The Morgan fingerprint density at radius 3 is 2.65 bits per heavy atom. The van der Waals surface area contributed by atoms with Crippen molar-refractivity contribution in [1.82, 2.24) is 4.90 Å². The Kier molecular flexibility index (Phi) is 5.26. The van der Waals surface area contributed by atoms with Crippen molar-refractivity contribution in [2.24, 2.45) is 0 Å². The normalized spacial score (nSPS) is 17.2. The van der Waals surface area contributed by atoms with Crippen molar-refractivity contribution in [2.45, 2.75) is 25.9 Å². The van der Waals surface area contributed by atoms with E-state index in [4.69, 9.17) is 0 Å². The number of nitrogens with one attached hydrogen (secondary N) is 1. The van der Waals surface area contributed by atoms with E-state index in [9.17, 15) is 5.11 Å². The molecular weight excluding hydrogens is 250 g/mol. The molecule has 1 aliphatic heterocycles. The predicted octanol–water partition coefficient (Wildman–Crippen LogP) is 1.93. The minimum atomic E-state index is -0.308. The zero-order valence-corrected chi connectivity index (χ0v) is 12.9. The molecule has 0 bridgehead atoms. The average Bonchev–Trinajstić information content (AvgIpc) is 2.90. The minimum absolute atomic E-state index is 0.308. The van der Waals surface area contributed by atoms with E-state index in [1.807, 2.05) is 14.1 Å². The highest BCUT2D eigenvalue weighted by atomic mass is 16.3. The van der Waals surface area contributed by atoms with E-state index in [2.05, 4.69) is 40.2 Å². The van der Waals surface area contributed by atoms with Crippen LogP contribution in [0.15, 0.2) is 18.2 Å². The molecule has 0 aromatic heterocycles. The zero-order valence-electron chi connectivity index (χ0n) is 12.9. The van der Waals surface area contributed by atoms with Crippen LogP contribution >= 0.6 is 0 Å². The second-order valence-corrected chi connectivity index (χ2v) is 5.94. The van der Waals surface area contributed by atoms with Gasteiger partial charge in [0.15, 0.2) is 0 Å². The van der Waals surface area contributed by atoms with Crippen molar-refractivity contribution in [3.8, 4) is 0 Å². The van der Waals surface area contributed by atoms with Gasteiger partial charge in [0.1, 0.15) is 0 Å². The van der Waals surface area contributed by atoms with Crippen molar-refractivity contribution >= 4 is 11.4 Å². The maximum atomic E-state index is 10.1. The molecule has 2 N–H and O–H groups in total. The van der Waals surface area contributed by atoms with Crippen LogP contribution in [-0.2, 0) is 0 Å². The van der Waals surface area contributed by atoms with Gasteiger partial charge in [-0.15, -0.1) is 0 Å². The number of rotatable bonds is 6. The van der Waals surface area contributed by atoms with Gasteiger partial charge < -0.3 is 20.2 Å². The van der Waals surface area contributed by atoms with Gasteiger partial charge in [0, 0.05) is 38.6 Å². The summed E-state index contributed by atoms with van der Waals surface area (Å²) in [6.45, 7) is 5.76. The van der Waals surface area contributed by atoms with E-state index in [1.54, 1.807) is 0 Å². The highest BCUT2D eigenvalue weighted by Gasteiger charge is 2.15. The Labute approximate surface area is 122 Å². The largest absolute Gasteiger partial charge is 0.390 e. The summed E-state index contributed by atoms with van der Waals surface area (Å²) in [5, 5.41) is 13.4. The lowest BCUT2D eigenvalue weighted by Gasteiger charge is -2.21. The van der Waals surface area contributed by atoms with Gasteiger partial charge in [0.05, 0.1) is 6.10 Å². The minimum Gasteiger partial charge on any atom is -0.390 e. The highest BCUT2D eigenvalue weighted by Crippen LogP contribution is 2.22. The number of aliphatic hydroxyl groups excluding tert-OH is 1.